The first-order chi connectivity index (χ1) is 13.0. The number of rotatable bonds is 9. The van der Waals surface area contributed by atoms with Crippen LogP contribution in [0.25, 0.3) is 0 Å². The SMILES string of the molecule is CCOc1cc(C(=O)N2CCN(CC(C)C)CC2)cc(OCC)c1OCC. The largest absolute Gasteiger partial charge is 0.490 e. The second kappa shape index (κ2) is 10.4. The van der Waals surface area contributed by atoms with Gasteiger partial charge in [0.1, 0.15) is 0 Å². The Morgan fingerprint density at radius 2 is 1.44 bits per heavy atom. The summed E-state index contributed by atoms with van der Waals surface area (Å²) < 4.78 is 17.2. The van der Waals surface area contributed by atoms with E-state index in [4.69, 9.17) is 14.2 Å². The first-order valence-electron chi connectivity index (χ1n) is 10.1. The Bertz CT molecular complexity index is 583. The molecule has 27 heavy (non-hydrogen) atoms. The van der Waals surface area contributed by atoms with E-state index in [0.717, 1.165) is 32.7 Å². The van der Waals surface area contributed by atoms with E-state index in [0.29, 0.717) is 48.6 Å². The van der Waals surface area contributed by atoms with Gasteiger partial charge in [0.05, 0.1) is 19.8 Å². The van der Waals surface area contributed by atoms with Crippen LogP contribution in [0.1, 0.15) is 45.0 Å². The lowest BCUT2D eigenvalue weighted by atomic mass is 10.1. The van der Waals surface area contributed by atoms with Crippen molar-refractivity contribution in [2.75, 3.05) is 52.5 Å². The first kappa shape index (κ1) is 21.4. The second-order valence-electron chi connectivity index (χ2n) is 7.09. The fraction of sp³-hybridized carbons (Fsp3) is 0.667. The molecular weight excluding hydrogens is 344 g/mol. The van der Waals surface area contributed by atoms with Crippen LogP contribution in [0, 0.1) is 5.92 Å². The van der Waals surface area contributed by atoms with Crippen molar-refractivity contribution in [2.45, 2.75) is 34.6 Å². The predicted octanol–water partition coefficient (Wildman–Crippen LogP) is 3.30. The zero-order valence-corrected chi connectivity index (χ0v) is 17.4. The molecule has 1 saturated heterocycles. The van der Waals surface area contributed by atoms with Crippen molar-refractivity contribution in [3.8, 4) is 17.2 Å². The number of nitrogens with zero attached hydrogens (tertiary/aromatic N) is 2. The molecule has 6 heteroatoms. The Balaban J connectivity index is 2.20. The summed E-state index contributed by atoms with van der Waals surface area (Å²) in [5.74, 6) is 2.35. The molecule has 1 heterocycles. The van der Waals surface area contributed by atoms with Gasteiger partial charge in [0.25, 0.3) is 5.91 Å². The number of carbonyl (C=O) groups is 1. The highest BCUT2D eigenvalue weighted by molar-refractivity contribution is 5.95. The molecule has 0 bridgehead atoms. The molecule has 1 aromatic carbocycles. The van der Waals surface area contributed by atoms with Crippen LogP contribution in [0.3, 0.4) is 0 Å². The molecule has 2 rings (SSSR count). The van der Waals surface area contributed by atoms with Crippen LogP contribution in [-0.4, -0.2) is 68.3 Å². The number of piperazine rings is 1. The minimum atomic E-state index is 0.0177. The van der Waals surface area contributed by atoms with Gasteiger partial charge in [-0.05, 0) is 38.8 Å². The van der Waals surface area contributed by atoms with Crippen molar-refractivity contribution in [2.24, 2.45) is 5.92 Å². The average Bonchev–Trinajstić information content (AvgIpc) is 2.64. The fourth-order valence-electron chi connectivity index (χ4n) is 3.34. The van der Waals surface area contributed by atoms with Gasteiger partial charge in [0.2, 0.25) is 5.75 Å². The van der Waals surface area contributed by atoms with Gasteiger partial charge in [0, 0.05) is 38.3 Å². The maximum absolute atomic E-state index is 13.1. The summed E-state index contributed by atoms with van der Waals surface area (Å²) in [6.45, 7) is 16.1. The molecule has 1 aliphatic heterocycles. The van der Waals surface area contributed by atoms with Crippen LogP contribution < -0.4 is 14.2 Å². The van der Waals surface area contributed by atoms with E-state index in [9.17, 15) is 4.79 Å². The predicted molar refractivity (Wildman–Crippen MR) is 107 cm³/mol. The summed E-state index contributed by atoms with van der Waals surface area (Å²) in [6.07, 6.45) is 0. The maximum atomic E-state index is 13.1. The van der Waals surface area contributed by atoms with Crippen molar-refractivity contribution in [3.05, 3.63) is 17.7 Å². The molecule has 6 nitrogen and oxygen atoms in total. The minimum absolute atomic E-state index is 0.0177. The van der Waals surface area contributed by atoms with Crippen molar-refractivity contribution in [1.29, 1.82) is 0 Å². The normalized spacial score (nSPS) is 15.1. The molecule has 0 saturated carbocycles. The van der Waals surface area contributed by atoms with Crippen LogP contribution in [0.2, 0.25) is 0 Å². The van der Waals surface area contributed by atoms with E-state index >= 15 is 0 Å². The summed E-state index contributed by atoms with van der Waals surface area (Å²) in [4.78, 5) is 17.4. The lowest BCUT2D eigenvalue weighted by molar-refractivity contribution is 0.0622. The Kier molecular flexibility index (Phi) is 8.23. The van der Waals surface area contributed by atoms with E-state index in [2.05, 4.69) is 18.7 Å². The quantitative estimate of drug-likeness (QED) is 0.660. The van der Waals surface area contributed by atoms with Crippen molar-refractivity contribution >= 4 is 5.91 Å². The highest BCUT2D eigenvalue weighted by Crippen LogP contribution is 2.39. The second-order valence-corrected chi connectivity index (χ2v) is 7.09. The number of benzene rings is 1. The lowest BCUT2D eigenvalue weighted by Crippen LogP contribution is -2.49. The van der Waals surface area contributed by atoms with Gasteiger partial charge >= 0.3 is 0 Å². The van der Waals surface area contributed by atoms with Gasteiger partial charge in [-0.25, -0.2) is 0 Å². The molecular formula is C21H34N2O4. The van der Waals surface area contributed by atoms with Crippen molar-refractivity contribution < 1.29 is 19.0 Å². The zero-order chi connectivity index (χ0) is 19.8. The topological polar surface area (TPSA) is 51.2 Å². The summed E-state index contributed by atoms with van der Waals surface area (Å²) in [5, 5.41) is 0. The molecule has 1 aromatic rings. The summed E-state index contributed by atoms with van der Waals surface area (Å²) >= 11 is 0. The Morgan fingerprint density at radius 1 is 0.926 bits per heavy atom. The van der Waals surface area contributed by atoms with Crippen LogP contribution in [0.4, 0.5) is 0 Å². The Morgan fingerprint density at radius 3 is 1.89 bits per heavy atom. The van der Waals surface area contributed by atoms with Gasteiger partial charge in [-0.15, -0.1) is 0 Å². The van der Waals surface area contributed by atoms with Crippen molar-refractivity contribution in [1.82, 2.24) is 9.80 Å². The third-order valence-electron chi connectivity index (χ3n) is 4.44. The summed E-state index contributed by atoms with van der Waals surface area (Å²) in [6, 6.07) is 3.56. The molecule has 152 valence electrons. The molecule has 0 radical (unpaired) electrons. The lowest BCUT2D eigenvalue weighted by Gasteiger charge is -2.35. The number of hydrogen-bond acceptors (Lipinski definition) is 5. The van der Waals surface area contributed by atoms with E-state index < -0.39 is 0 Å². The molecule has 0 aromatic heterocycles. The standard InChI is InChI=1S/C21H34N2O4/c1-6-25-18-13-17(14-19(26-7-2)20(18)27-8-3)21(24)23-11-9-22(10-12-23)15-16(4)5/h13-14,16H,6-12,15H2,1-5H3. The molecule has 0 unspecified atom stereocenters. The molecule has 0 atom stereocenters. The van der Waals surface area contributed by atoms with Gasteiger partial charge in [-0.1, -0.05) is 13.8 Å². The first-order valence-corrected chi connectivity index (χ1v) is 10.1. The van der Waals surface area contributed by atoms with Gasteiger partial charge in [-0.3, -0.25) is 9.69 Å². The zero-order valence-electron chi connectivity index (χ0n) is 17.4. The molecule has 1 aliphatic rings. The smallest absolute Gasteiger partial charge is 0.254 e. The van der Waals surface area contributed by atoms with Crippen LogP contribution >= 0.6 is 0 Å². The van der Waals surface area contributed by atoms with E-state index in [1.54, 1.807) is 12.1 Å². The van der Waals surface area contributed by atoms with E-state index in [1.165, 1.54) is 0 Å². The van der Waals surface area contributed by atoms with Crippen LogP contribution in [0.15, 0.2) is 12.1 Å². The van der Waals surface area contributed by atoms with E-state index in [1.807, 2.05) is 25.7 Å². The highest BCUT2D eigenvalue weighted by Gasteiger charge is 2.25. The summed E-state index contributed by atoms with van der Waals surface area (Å²) in [5.41, 5.74) is 0.586. The maximum Gasteiger partial charge on any atom is 0.254 e. The molecule has 0 aliphatic carbocycles. The number of ether oxygens (including phenoxy) is 3. The highest BCUT2D eigenvalue weighted by atomic mass is 16.5. The number of carbonyl (C=O) groups excluding carboxylic acids is 1. The fourth-order valence-corrected chi connectivity index (χ4v) is 3.34. The monoisotopic (exact) mass is 378 g/mol. The average molecular weight is 379 g/mol. The van der Waals surface area contributed by atoms with Crippen LogP contribution in [-0.2, 0) is 0 Å². The third-order valence-corrected chi connectivity index (χ3v) is 4.44. The van der Waals surface area contributed by atoms with Gasteiger partial charge < -0.3 is 19.1 Å². The van der Waals surface area contributed by atoms with E-state index in [-0.39, 0.29) is 5.91 Å². The number of hydrogen-bond donors (Lipinski definition) is 0. The minimum Gasteiger partial charge on any atom is -0.490 e. The van der Waals surface area contributed by atoms with Gasteiger partial charge in [-0.2, -0.15) is 0 Å². The Labute approximate surface area is 163 Å². The molecule has 1 fully saturated rings. The Hall–Kier alpha value is -1.95. The summed E-state index contributed by atoms with van der Waals surface area (Å²) in [7, 11) is 0. The van der Waals surface area contributed by atoms with Crippen molar-refractivity contribution in [3.63, 3.8) is 0 Å². The van der Waals surface area contributed by atoms with Crippen LogP contribution in [0.5, 0.6) is 17.2 Å². The molecule has 0 N–H and O–H groups in total. The van der Waals surface area contributed by atoms with Gasteiger partial charge in [0.15, 0.2) is 11.5 Å². The number of amides is 1. The molecule has 0 spiro atoms. The third kappa shape index (κ3) is 5.76. The molecule has 1 amide bonds.